The third-order valence-corrected chi connectivity index (χ3v) is 4.22. The Morgan fingerprint density at radius 3 is 2.12 bits per heavy atom. The van der Waals surface area contributed by atoms with Crippen LogP contribution in [0.15, 0.2) is 66.7 Å². The molecule has 1 N–H and O–H groups in total. The van der Waals surface area contributed by atoms with Crippen LogP contribution in [0, 0.1) is 20.8 Å². The van der Waals surface area contributed by atoms with E-state index in [2.05, 4.69) is 19.2 Å². The molecule has 3 aromatic rings. The SMILES string of the molecule is Cc1ccc(Oc2ccc(NC(=O)c3ccccc3C)cc2)cc1C. The molecule has 0 spiro atoms. The van der Waals surface area contributed by atoms with E-state index >= 15 is 0 Å². The van der Waals surface area contributed by atoms with Crippen molar-refractivity contribution in [2.45, 2.75) is 20.8 Å². The second-order valence-electron chi connectivity index (χ2n) is 6.14. The van der Waals surface area contributed by atoms with Crippen LogP contribution < -0.4 is 10.1 Å². The molecule has 0 saturated heterocycles. The summed E-state index contributed by atoms with van der Waals surface area (Å²) in [5, 5.41) is 2.91. The summed E-state index contributed by atoms with van der Waals surface area (Å²) in [7, 11) is 0. The number of nitrogens with one attached hydrogen (secondary N) is 1. The van der Waals surface area contributed by atoms with Gasteiger partial charge >= 0.3 is 0 Å². The van der Waals surface area contributed by atoms with Crippen LogP contribution in [0.2, 0.25) is 0 Å². The number of ether oxygens (including phenoxy) is 1. The Bertz CT molecular complexity index is 898. The summed E-state index contributed by atoms with van der Waals surface area (Å²) in [4.78, 5) is 12.3. The molecular formula is C22H21NO2. The predicted molar refractivity (Wildman–Crippen MR) is 102 cm³/mol. The Labute approximate surface area is 148 Å². The summed E-state index contributed by atoms with van der Waals surface area (Å²) in [6, 6.07) is 20.9. The Morgan fingerprint density at radius 1 is 0.760 bits per heavy atom. The first kappa shape index (κ1) is 16.8. The quantitative estimate of drug-likeness (QED) is 0.670. The van der Waals surface area contributed by atoms with Gasteiger partial charge in [-0.2, -0.15) is 0 Å². The number of anilines is 1. The molecule has 0 aliphatic heterocycles. The summed E-state index contributed by atoms with van der Waals surface area (Å²) < 4.78 is 5.87. The second-order valence-corrected chi connectivity index (χ2v) is 6.14. The van der Waals surface area contributed by atoms with E-state index in [0.29, 0.717) is 5.56 Å². The lowest BCUT2D eigenvalue weighted by molar-refractivity contribution is 0.102. The molecule has 0 fully saturated rings. The molecule has 0 aliphatic carbocycles. The van der Waals surface area contributed by atoms with Crippen LogP contribution in [0.3, 0.4) is 0 Å². The molecule has 126 valence electrons. The van der Waals surface area contributed by atoms with Gasteiger partial charge in [-0.25, -0.2) is 0 Å². The molecule has 0 radical (unpaired) electrons. The lowest BCUT2D eigenvalue weighted by atomic mass is 10.1. The molecule has 1 amide bonds. The van der Waals surface area contributed by atoms with E-state index in [1.807, 2.05) is 73.7 Å². The van der Waals surface area contributed by atoms with Crippen LogP contribution >= 0.6 is 0 Å². The lowest BCUT2D eigenvalue weighted by Crippen LogP contribution is -2.13. The van der Waals surface area contributed by atoms with Crippen molar-refractivity contribution in [2.24, 2.45) is 0 Å². The number of amides is 1. The van der Waals surface area contributed by atoms with Crippen molar-refractivity contribution in [2.75, 3.05) is 5.32 Å². The average molecular weight is 331 g/mol. The fourth-order valence-corrected chi connectivity index (χ4v) is 2.55. The third-order valence-electron chi connectivity index (χ3n) is 4.22. The second kappa shape index (κ2) is 7.22. The zero-order valence-electron chi connectivity index (χ0n) is 14.7. The topological polar surface area (TPSA) is 38.3 Å². The predicted octanol–water partition coefficient (Wildman–Crippen LogP) is 5.66. The Hall–Kier alpha value is -3.07. The van der Waals surface area contributed by atoms with Gasteiger partial charge < -0.3 is 10.1 Å². The van der Waals surface area contributed by atoms with Crippen molar-refractivity contribution in [3.05, 3.63) is 89.0 Å². The summed E-state index contributed by atoms with van der Waals surface area (Å²) in [6.45, 7) is 6.06. The van der Waals surface area contributed by atoms with Gasteiger partial charge in [0.1, 0.15) is 11.5 Å². The van der Waals surface area contributed by atoms with Crippen LogP contribution in [-0.4, -0.2) is 5.91 Å². The van der Waals surface area contributed by atoms with Crippen LogP contribution in [0.1, 0.15) is 27.0 Å². The molecule has 0 heterocycles. The summed E-state index contributed by atoms with van der Waals surface area (Å²) in [6.07, 6.45) is 0. The molecule has 0 saturated carbocycles. The smallest absolute Gasteiger partial charge is 0.255 e. The number of carbonyl (C=O) groups is 1. The molecule has 3 heteroatoms. The number of rotatable bonds is 4. The minimum Gasteiger partial charge on any atom is -0.457 e. The van der Waals surface area contributed by atoms with Gasteiger partial charge in [0, 0.05) is 11.3 Å². The van der Waals surface area contributed by atoms with E-state index < -0.39 is 0 Å². The fourth-order valence-electron chi connectivity index (χ4n) is 2.55. The van der Waals surface area contributed by atoms with E-state index in [9.17, 15) is 4.79 Å². The largest absolute Gasteiger partial charge is 0.457 e. The maximum Gasteiger partial charge on any atom is 0.255 e. The van der Waals surface area contributed by atoms with Gasteiger partial charge in [0.05, 0.1) is 0 Å². The van der Waals surface area contributed by atoms with Crippen molar-refractivity contribution in [1.82, 2.24) is 0 Å². The molecule has 0 aromatic heterocycles. The molecular weight excluding hydrogens is 310 g/mol. The first-order valence-electron chi connectivity index (χ1n) is 8.25. The van der Waals surface area contributed by atoms with Crippen LogP contribution in [0.4, 0.5) is 5.69 Å². The highest BCUT2D eigenvalue weighted by molar-refractivity contribution is 6.05. The minimum atomic E-state index is -0.110. The Kier molecular flexibility index (Phi) is 4.85. The average Bonchev–Trinajstić information content (AvgIpc) is 2.60. The van der Waals surface area contributed by atoms with Crippen LogP contribution in [-0.2, 0) is 0 Å². The third kappa shape index (κ3) is 4.07. The van der Waals surface area contributed by atoms with E-state index in [4.69, 9.17) is 4.74 Å². The molecule has 0 unspecified atom stereocenters. The number of benzene rings is 3. The van der Waals surface area contributed by atoms with Crippen molar-refractivity contribution < 1.29 is 9.53 Å². The van der Waals surface area contributed by atoms with Gasteiger partial charge in [-0.15, -0.1) is 0 Å². The minimum absolute atomic E-state index is 0.110. The zero-order valence-corrected chi connectivity index (χ0v) is 14.7. The van der Waals surface area contributed by atoms with Crippen LogP contribution in [0.25, 0.3) is 0 Å². The molecule has 25 heavy (non-hydrogen) atoms. The highest BCUT2D eigenvalue weighted by Crippen LogP contribution is 2.25. The highest BCUT2D eigenvalue weighted by atomic mass is 16.5. The van der Waals surface area contributed by atoms with Gasteiger partial charge in [-0.1, -0.05) is 24.3 Å². The van der Waals surface area contributed by atoms with Crippen LogP contribution in [0.5, 0.6) is 11.5 Å². The normalized spacial score (nSPS) is 10.4. The lowest BCUT2D eigenvalue weighted by Gasteiger charge is -2.10. The molecule has 3 rings (SSSR count). The highest BCUT2D eigenvalue weighted by Gasteiger charge is 2.08. The number of carbonyl (C=O) groups excluding carboxylic acids is 1. The zero-order chi connectivity index (χ0) is 17.8. The summed E-state index contributed by atoms with van der Waals surface area (Å²) >= 11 is 0. The van der Waals surface area contributed by atoms with E-state index in [-0.39, 0.29) is 5.91 Å². The fraction of sp³-hybridized carbons (Fsp3) is 0.136. The Morgan fingerprint density at radius 2 is 1.44 bits per heavy atom. The summed E-state index contributed by atoms with van der Waals surface area (Å²) in [5.41, 5.74) is 4.80. The first-order valence-corrected chi connectivity index (χ1v) is 8.25. The maximum absolute atomic E-state index is 12.3. The molecule has 3 nitrogen and oxygen atoms in total. The molecule has 0 bridgehead atoms. The van der Waals surface area contributed by atoms with Crippen molar-refractivity contribution in [1.29, 1.82) is 0 Å². The first-order chi connectivity index (χ1) is 12.0. The van der Waals surface area contributed by atoms with E-state index in [1.165, 1.54) is 11.1 Å². The van der Waals surface area contributed by atoms with Gasteiger partial charge in [0.25, 0.3) is 5.91 Å². The maximum atomic E-state index is 12.3. The monoisotopic (exact) mass is 331 g/mol. The Balaban J connectivity index is 1.69. The van der Waals surface area contributed by atoms with Gasteiger partial charge in [-0.05, 0) is 79.9 Å². The van der Waals surface area contributed by atoms with E-state index in [0.717, 1.165) is 22.7 Å². The molecule has 0 aliphatic rings. The van der Waals surface area contributed by atoms with Gasteiger partial charge in [0.2, 0.25) is 0 Å². The standard InChI is InChI=1S/C22H21NO2/c1-15-8-11-20(14-17(15)3)25-19-12-9-18(10-13-19)23-22(24)21-7-5-4-6-16(21)2/h4-14H,1-3H3,(H,23,24). The van der Waals surface area contributed by atoms with Crippen molar-refractivity contribution in [3.8, 4) is 11.5 Å². The van der Waals surface area contributed by atoms with E-state index in [1.54, 1.807) is 0 Å². The van der Waals surface area contributed by atoms with Gasteiger partial charge in [-0.3, -0.25) is 4.79 Å². The number of hydrogen-bond donors (Lipinski definition) is 1. The number of aryl methyl sites for hydroxylation is 3. The van der Waals surface area contributed by atoms with Crippen molar-refractivity contribution in [3.63, 3.8) is 0 Å². The van der Waals surface area contributed by atoms with Crippen molar-refractivity contribution >= 4 is 11.6 Å². The summed E-state index contributed by atoms with van der Waals surface area (Å²) in [5.74, 6) is 1.43. The number of hydrogen-bond acceptors (Lipinski definition) is 2. The van der Waals surface area contributed by atoms with Gasteiger partial charge in [0.15, 0.2) is 0 Å². The molecule has 3 aromatic carbocycles. The molecule has 0 atom stereocenters.